The molecule has 1 heterocycles. The first-order valence-corrected chi connectivity index (χ1v) is 7.97. The largest absolute Gasteiger partial charge is 0.350 e. The van der Waals surface area contributed by atoms with Crippen molar-refractivity contribution >= 4 is 17.6 Å². The normalized spacial score (nSPS) is 14.0. The fraction of sp³-hybridized carbons (Fsp3) is 0.222. The van der Waals surface area contributed by atoms with Gasteiger partial charge in [0.05, 0.1) is 5.69 Å². The van der Waals surface area contributed by atoms with Gasteiger partial charge in [-0.2, -0.15) is 0 Å². The molecule has 1 saturated heterocycles. The number of para-hydroxylation sites is 1. The number of benzene rings is 2. The highest BCUT2D eigenvalue weighted by atomic mass is 19.1. The molecule has 3 rings (SSSR count). The van der Waals surface area contributed by atoms with E-state index in [9.17, 15) is 22.8 Å². The van der Waals surface area contributed by atoms with Gasteiger partial charge >= 0.3 is 6.03 Å². The zero-order chi connectivity index (χ0) is 18.7. The third kappa shape index (κ3) is 3.79. The molecule has 2 aromatic carbocycles. The zero-order valence-corrected chi connectivity index (χ0v) is 13.7. The predicted octanol–water partition coefficient (Wildman–Crippen LogP) is 2.66. The second-order valence-electron chi connectivity index (χ2n) is 5.82. The fourth-order valence-electron chi connectivity index (χ4n) is 2.71. The molecule has 0 aliphatic carbocycles. The molecule has 0 unspecified atom stereocenters. The van der Waals surface area contributed by atoms with E-state index in [0.717, 1.165) is 12.1 Å². The summed E-state index contributed by atoms with van der Waals surface area (Å²) in [5, 5.41) is 2.48. The third-order valence-corrected chi connectivity index (χ3v) is 4.06. The molecular formula is C18H16F3N3O2. The van der Waals surface area contributed by atoms with E-state index in [-0.39, 0.29) is 37.4 Å². The maximum absolute atomic E-state index is 13.8. The molecule has 0 radical (unpaired) electrons. The van der Waals surface area contributed by atoms with Crippen LogP contribution in [0, 0.1) is 17.5 Å². The van der Waals surface area contributed by atoms with Crippen LogP contribution in [0.15, 0.2) is 42.5 Å². The van der Waals surface area contributed by atoms with Crippen LogP contribution in [0.5, 0.6) is 0 Å². The third-order valence-electron chi connectivity index (χ3n) is 4.06. The molecule has 1 aliphatic rings. The number of halogens is 3. The quantitative estimate of drug-likeness (QED) is 0.888. The molecule has 0 spiro atoms. The van der Waals surface area contributed by atoms with E-state index in [4.69, 9.17) is 0 Å². The molecule has 3 amide bonds. The maximum atomic E-state index is 13.8. The molecule has 2 aromatic rings. The Morgan fingerprint density at radius 1 is 1.04 bits per heavy atom. The predicted molar refractivity (Wildman–Crippen MR) is 88.9 cm³/mol. The Labute approximate surface area is 148 Å². The minimum Gasteiger partial charge on any atom is -0.350 e. The molecule has 26 heavy (non-hydrogen) atoms. The Bertz CT molecular complexity index is 844. The summed E-state index contributed by atoms with van der Waals surface area (Å²) in [6.07, 6.45) is 0. The Kier molecular flexibility index (Phi) is 5.11. The van der Waals surface area contributed by atoms with Crippen molar-refractivity contribution in [3.05, 3.63) is 65.5 Å². The van der Waals surface area contributed by atoms with Crippen molar-refractivity contribution in [2.24, 2.45) is 0 Å². The van der Waals surface area contributed by atoms with Crippen LogP contribution in [-0.2, 0) is 11.3 Å². The van der Waals surface area contributed by atoms with Gasteiger partial charge in [0, 0.05) is 31.3 Å². The second kappa shape index (κ2) is 7.47. The molecule has 0 saturated carbocycles. The number of rotatable bonds is 5. The van der Waals surface area contributed by atoms with Gasteiger partial charge in [0.25, 0.3) is 0 Å². The second-order valence-corrected chi connectivity index (χ2v) is 5.82. The van der Waals surface area contributed by atoms with Crippen LogP contribution >= 0.6 is 0 Å². The molecule has 1 N–H and O–H groups in total. The summed E-state index contributed by atoms with van der Waals surface area (Å²) in [5.41, 5.74) is 0.300. The number of carbonyl (C=O) groups excluding carboxylic acids is 2. The van der Waals surface area contributed by atoms with Gasteiger partial charge in [-0.1, -0.05) is 18.2 Å². The lowest BCUT2D eigenvalue weighted by Gasteiger charge is -2.19. The minimum absolute atomic E-state index is 0.121. The summed E-state index contributed by atoms with van der Waals surface area (Å²) < 4.78 is 40.2. The van der Waals surface area contributed by atoms with Crippen molar-refractivity contribution < 1.29 is 22.8 Å². The average Bonchev–Trinajstić information content (AvgIpc) is 2.95. The lowest BCUT2D eigenvalue weighted by atomic mass is 10.2. The fourth-order valence-corrected chi connectivity index (χ4v) is 2.71. The van der Waals surface area contributed by atoms with Gasteiger partial charge in [-0.3, -0.25) is 9.69 Å². The summed E-state index contributed by atoms with van der Waals surface area (Å²) in [7, 11) is 0. The van der Waals surface area contributed by atoms with E-state index in [0.29, 0.717) is 0 Å². The van der Waals surface area contributed by atoms with Crippen molar-refractivity contribution in [2.45, 2.75) is 6.54 Å². The highest BCUT2D eigenvalue weighted by Gasteiger charge is 2.32. The van der Waals surface area contributed by atoms with Crippen LogP contribution < -0.4 is 10.2 Å². The number of nitrogens with zero attached hydrogens (tertiary/aromatic N) is 2. The Morgan fingerprint density at radius 3 is 2.54 bits per heavy atom. The Morgan fingerprint density at radius 2 is 1.81 bits per heavy atom. The van der Waals surface area contributed by atoms with Gasteiger partial charge in [0.1, 0.15) is 24.0 Å². The minimum atomic E-state index is -0.756. The smallest absolute Gasteiger partial charge is 0.325 e. The van der Waals surface area contributed by atoms with E-state index in [1.807, 2.05) is 0 Å². The lowest BCUT2D eigenvalue weighted by Crippen LogP contribution is -2.40. The number of hydrogen-bond acceptors (Lipinski definition) is 2. The van der Waals surface area contributed by atoms with Gasteiger partial charge in [-0.25, -0.2) is 18.0 Å². The van der Waals surface area contributed by atoms with Crippen molar-refractivity contribution in [2.75, 3.05) is 24.5 Å². The first kappa shape index (κ1) is 17.8. The van der Waals surface area contributed by atoms with E-state index in [2.05, 4.69) is 5.32 Å². The topological polar surface area (TPSA) is 52.7 Å². The summed E-state index contributed by atoms with van der Waals surface area (Å²) in [4.78, 5) is 26.9. The Hall–Kier alpha value is -3.03. The molecular weight excluding hydrogens is 347 g/mol. The number of hydrogen-bond donors (Lipinski definition) is 1. The van der Waals surface area contributed by atoms with E-state index >= 15 is 0 Å². The number of anilines is 1. The van der Waals surface area contributed by atoms with Crippen LogP contribution in [-0.4, -0.2) is 36.5 Å². The van der Waals surface area contributed by atoms with E-state index < -0.39 is 29.4 Å². The van der Waals surface area contributed by atoms with E-state index in [1.165, 1.54) is 34.1 Å². The van der Waals surface area contributed by atoms with E-state index in [1.54, 1.807) is 6.07 Å². The summed E-state index contributed by atoms with van der Waals surface area (Å²) in [5.74, 6) is -2.46. The number of amides is 3. The van der Waals surface area contributed by atoms with Gasteiger partial charge in [-0.15, -0.1) is 0 Å². The molecule has 8 heteroatoms. The van der Waals surface area contributed by atoms with Crippen molar-refractivity contribution in [1.82, 2.24) is 10.2 Å². The first-order chi connectivity index (χ1) is 12.5. The molecule has 5 nitrogen and oxygen atoms in total. The summed E-state index contributed by atoms with van der Waals surface area (Å²) in [6, 6.07) is 8.50. The van der Waals surface area contributed by atoms with Crippen LogP contribution in [0.25, 0.3) is 0 Å². The number of nitrogens with one attached hydrogen (secondary N) is 1. The Balaban J connectivity index is 1.57. The monoisotopic (exact) mass is 363 g/mol. The molecule has 136 valence electrons. The van der Waals surface area contributed by atoms with Gasteiger partial charge < -0.3 is 10.2 Å². The van der Waals surface area contributed by atoms with Crippen LogP contribution in [0.4, 0.5) is 23.7 Å². The molecule has 0 bridgehead atoms. The molecule has 0 aromatic heterocycles. The number of carbonyl (C=O) groups is 2. The highest BCUT2D eigenvalue weighted by Crippen LogP contribution is 2.23. The van der Waals surface area contributed by atoms with Gasteiger partial charge in [0.15, 0.2) is 0 Å². The lowest BCUT2D eigenvalue weighted by molar-refractivity contribution is -0.121. The molecule has 1 aliphatic heterocycles. The first-order valence-electron chi connectivity index (χ1n) is 7.97. The summed E-state index contributed by atoms with van der Waals surface area (Å²) >= 11 is 0. The van der Waals surface area contributed by atoms with Crippen molar-refractivity contribution in [3.63, 3.8) is 0 Å². The highest BCUT2D eigenvalue weighted by molar-refractivity contribution is 5.96. The summed E-state index contributed by atoms with van der Waals surface area (Å²) in [6.45, 7) is 0.182. The SMILES string of the molecule is O=C(CN1CCN(c2ccccc2F)C1=O)NCc1ccc(F)cc1F. The van der Waals surface area contributed by atoms with Gasteiger partial charge in [0.2, 0.25) is 5.91 Å². The zero-order valence-electron chi connectivity index (χ0n) is 13.7. The average molecular weight is 363 g/mol. The standard InChI is InChI=1S/C18H16F3N3O2/c19-13-6-5-12(15(21)9-13)10-22-17(25)11-23-7-8-24(18(23)26)16-4-2-1-3-14(16)20/h1-6,9H,7-8,10-11H2,(H,22,25). The van der Waals surface area contributed by atoms with Crippen molar-refractivity contribution in [1.29, 1.82) is 0 Å². The van der Waals surface area contributed by atoms with Crippen molar-refractivity contribution in [3.8, 4) is 0 Å². The maximum Gasteiger partial charge on any atom is 0.325 e. The van der Waals surface area contributed by atoms with Crippen LogP contribution in [0.1, 0.15) is 5.56 Å². The molecule has 0 atom stereocenters. The van der Waals surface area contributed by atoms with Crippen LogP contribution in [0.3, 0.4) is 0 Å². The molecule has 1 fully saturated rings. The van der Waals surface area contributed by atoms with Crippen LogP contribution in [0.2, 0.25) is 0 Å². The number of urea groups is 1. The van der Waals surface area contributed by atoms with Gasteiger partial charge in [-0.05, 0) is 18.2 Å².